The summed E-state index contributed by atoms with van der Waals surface area (Å²) in [7, 11) is -2.65. The number of morpholine rings is 1. The van der Waals surface area contributed by atoms with Crippen molar-refractivity contribution in [2.75, 3.05) is 26.8 Å². The molecule has 1 atom stereocenters. The summed E-state index contributed by atoms with van der Waals surface area (Å²) in [4.78, 5) is 15.2. The maximum absolute atomic E-state index is 12.6. The minimum absolute atomic E-state index is 0.0953. The molecule has 0 amide bonds. The first kappa shape index (κ1) is 16.6. The summed E-state index contributed by atoms with van der Waals surface area (Å²) >= 11 is 9.02. The Labute approximate surface area is 135 Å². The zero-order valence-electron chi connectivity index (χ0n) is 11.0. The van der Waals surface area contributed by atoms with Crippen molar-refractivity contribution < 1.29 is 22.7 Å². The van der Waals surface area contributed by atoms with Gasteiger partial charge in [-0.05, 0) is 22.0 Å². The number of halogens is 2. The lowest BCUT2D eigenvalue weighted by atomic mass is 10.3. The molecule has 1 aliphatic rings. The van der Waals surface area contributed by atoms with E-state index in [0.29, 0.717) is 4.47 Å². The maximum Gasteiger partial charge on any atom is 0.336 e. The molecule has 21 heavy (non-hydrogen) atoms. The van der Waals surface area contributed by atoms with E-state index < -0.39 is 22.1 Å². The van der Waals surface area contributed by atoms with Crippen molar-refractivity contribution in [3.05, 3.63) is 21.9 Å². The molecule has 0 aromatic carbocycles. The lowest BCUT2D eigenvalue weighted by molar-refractivity contribution is -0.157. The van der Waals surface area contributed by atoms with Crippen LogP contribution in [0.25, 0.3) is 0 Å². The van der Waals surface area contributed by atoms with Gasteiger partial charge in [0.1, 0.15) is 10.0 Å². The highest BCUT2D eigenvalue weighted by Crippen LogP contribution is 2.27. The van der Waals surface area contributed by atoms with Crippen LogP contribution in [-0.2, 0) is 24.3 Å². The second-order valence-corrected chi connectivity index (χ2v) is 7.37. The molecule has 1 fully saturated rings. The van der Waals surface area contributed by atoms with Crippen LogP contribution in [0.4, 0.5) is 0 Å². The number of ether oxygens (including phenoxy) is 2. The molecular weight excluding hydrogens is 388 g/mol. The minimum Gasteiger partial charge on any atom is -0.467 e. The van der Waals surface area contributed by atoms with Crippen molar-refractivity contribution >= 4 is 43.5 Å². The number of sulfonamides is 1. The van der Waals surface area contributed by atoms with Crippen molar-refractivity contribution in [1.29, 1.82) is 0 Å². The van der Waals surface area contributed by atoms with Crippen LogP contribution >= 0.6 is 27.5 Å². The van der Waals surface area contributed by atoms with Crippen molar-refractivity contribution in [3.63, 3.8) is 0 Å². The third kappa shape index (κ3) is 3.54. The van der Waals surface area contributed by atoms with Gasteiger partial charge in [0.2, 0.25) is 10.0 Å². The zero-order valence-corrected chi connectivity index (χ0v) is 14.1. The second kappa shape index (κ2) is 6.57. The summed E-state index contributed by atoms with van der Waals surface area (Å²) in [5, 5.41) is -0.126. The number of nitrogens with zero attached hydrogens (tertiary/aromatic N) is 2. The van der Waals surface area contributed by atoms with Gasteiger partial charge in [0.05, 0.1) is 20.3 Å². The van der Waals surface area contributed by atoms with E-state index in [0.717, 1.165) is 4.31 Å². The van der Waals surface area contributed by atoms with Gasteiger partial charge in [-0.25, -0.2) is 18.2 Å². The van der Waals surface area contributed by atoms with Crippen molar-refractivity contribution in [1.82, 2.24) is 9.29 Å². The van der Waals surface area contributed by atoms with Crippen molar-refractivity contribution in [2.45, 2.75) is 11.0 Å². The number of pyridine rings is 1. The summed E-state index contributed by atoms with van der Waals surface area (Å²) in [5.41, 5.74) is 0. The van der Waals surface area contributed by atoms with Crippen molar-refractivity contribution in [3.8, 4) is 0 Å². The molecular formula is C11H12BrClN2O5S. The van der Waals surface area contributed by atoms with Crippen LogP contribution in [0.15, 0.2) is 21.6 Å². The van der Waals surface area contributed by atoms with Gasteiger partial charge in [0, 0.05) is 17.2 Å². The number of rotatable bonds is 3. The molecule has 0 N–H and O–H groups in total. The second-order valence-electron chi connectivity index (χ2n) is 4.19. The lowest BCUT2D eigenvalue weighted by Gasteiger charge is -2.30. The number of hydrogen-bond acceptors (Lipinski definition) is 6. The van der Waals surface area contributed by atoms with Gasteiger partial charge >= 0.3 is 5.97 Å². The fourth-order valence-corrected chi connectivity index (χ4v) is 4.19. The maximum atomic E-state index is 12.6. The van der Waals surface area contributed by atoms with Gasteiger partial charge in [0.15, 0.2) is 6.10 Å². The summed E-state index contributed by atoms with van der Waals surface area (Å²) in [6.45, 7) is 0.0918. The Balaban J connectivity index is 2.31. The van der Waals surface area contributed by atoms with Crippen LogP contribution in [0.1, 0.15) is 0 Å². The molecule has 7 nitrogen and oxygen atoms in total. The fraction of sp³-hybridized carbons (Fsp3) is 0.455. The fourth-order valence-electron chi connectivity index (χ4n) is 1.84. The van der Waals surface area contributed by atoms with Crippen LogP contribution in [0.3, 0.4) is 0 Å². The first-order valence-corrected chi connectivity index (χ1v) is 8.48. The number of carbonyl (C=O) groups is 1. The Kier molecular flexibility index (Phi) is 5.20. The first-order valence-electron chi connectivity index (χ1n) is 5.87. The number of hydrogen-bond donors (Lipinski definition) is 0. The van der Waals surface area contributed by atoms with Crippen LogP contribution in [0, 0.1) is 0 Å². The Bertz CT molecular complexity index is 654. The lowest BCUT2D eigenvalue weighted by Crippen LogP contribution is -2.48. The van der Waals surface area contributed by atoms with E-state index in [1.54, 1.807) is 0 Å². The summed E-state index contributed by atoms with van der Waals surface area (Å²) in [6.07, 6.45) is 0.454. The number of carbonyl (C=O) groups excluding carboxylic acids is 1. The molecule has 2 heterocycles. The molecule has 1 aliphatic heterocycles. The van der Waals surface area contributed by atoms with E-state index in [2.05, 4.69) is 25.7 Å². The van der Waals surface area contributed by atoms with Gasteiger partial charge in [0.25, 0.3) is 0 Å². The largest absolute Gasteiger partial charge is 0.467 e. The molecule has 2 rings (SSSR count). The Hall–Kier alpha value is -0.740. The molecule has 0 aliphatic carbocycles. The number of methoxy groups -OCH3 is 1. The standard InChI is InChI=1S/C11H12BrClN2O5S/c1-19-11(16)8-6-15(2-3-20-8)21(17,18)9-4-7(12)5-14-10(9)13/h4-5,8H,2-3,6H2,1H3. The molecule has 116 valence electrons. The predicted octanol–water partition coefficient (Wildman–Crippen LogP) is 1.06. The molecule has 0 spiro atoms. The molecule has 1 saturated heterocycles. The Morgan fingerprint density at radius 3 is 3.00 bits per heavy atom. The molecule has 1 unspecified atom stereocenters. The van der Waals surface area contributed by atoms with Gasteiger partial charge < -0.3 is 9.47 Å². The van der Waals surface area contributed by atoms with E-state index in [4.69, 9.17) is 16.3 Å². The third-order valence-corrected chi connectivity index (χ3v) is 5.61. The van der Waals surface area contributed by atoms with E-state index >= 15 is 0 Å². The molecule has 0 bridgehead atoms. The molecule has 0 radical (unpaired) electrons. The zero-order chi connectivity index (χ0) is 15.6. The highest BCUT2D eigenvalue weighted by atomic mass is 79.9. The normalized spacial score (nSPS) is 20.2. The average Bonchev–Trinajstić information content (AvgIpc) is 2.49. The highest BCUT2D eigenvalue weighted by molar-refractivity contribution is 9.10. The van der Waals surface area contributed by atoms with Crippen LogP contribution in [0.2, 0.25) is 5.15 Å². The Morgan fingerprint density at radius 2 is 2.33 bits per heavy atom. The predicted molar refractivity (Wildman–Crippen MR) is 77.5 cm³/mol. The average molecular weight is 400 g/mol. The van der Waals surface area contributed by atoms with Crippen LogP contribution in [0.5, 0.6) is 0 Å². The molecule has 0 saturated carbocycles. The van der Waals surface area contributed by atoms with Crippen LogP contribution < -0.4 is 0 Å². The van der Waals surface area contributed by atoms with E-state index in [1.807, 2.05) is 0 Å². The summed E-state index contributed by atoms with van der Waals surface area (Å²) < 4.78 is 36.6. The summed E-state index contributed by atoms with van der Waals surface area (Å²) in [5.74, 6) is -0.617. The van der Waals surface area contributed by atoms with E-state index in [-0.39, 0.29) is 29.7 Å². The monoisotopic (exact) mass is 398 g/mol. The Morgan fingerprint density at radius 1 is 1.62 bits per heavy atom. The first-order chi connectivity index (χ1) is 9.86. The minimum atomic E-state index is -3.87. The quantitative estimate of drug-likeness (QED) is 0.558. The van der Waals surface area contributed by atoms with Gasteiger partial charge in [-0.15, -0.1) is 0 Å². The van der Waals surface area contributed by atoms with Gasteiger partial charge in [-0.1, -0.05) is 11.6 Å². The van der Waals surface area contributed by atoms with E-state index in [1.165, 1.54) is 19.4 Å². The molecule has 1 aromatic rings. The molecule has 1 aromatic heterocycles. The number of aromatic nitrogens is 1. The van der Waals surface area contributed by atoms with Gasteiger partial charge in [-0.3, -0.25) is 0 Å². The highest BCUT2D eigenvalue weighted by Gasteiger charge is 2.35. The smallest absolute Gasteiger partial charge is 0.336 e. The van der Waals surface area contributed by atoms with E-state index in [9.17, 15) is 13.2 Å². The van der Waals surface area contributed by atoms with Gasteiger partial charge in [-0.2, -0.15) is 4.31 Å². The molecule has 10 heteroatoms. The SMILES string of the molecule is COC(=O)C1CN(S(=O)(=O)c2cc(Br)cnc2Cl)CCO1. The third-order valence-electron chi connectivity index (χ3n) is 2.88. The summed E-state index contributed by atoms with van der Waals surface area (Å²) in [6, 6.07) is 1.37. The topological polar surface area (TPSA) is 85.8 Å². The number of esters is 1. The van der Waals surface area contributed by atoms with Crippen molar-refractivity contribution in [2.24, 2.45) is 0 Å². The van der Waals surface area contributed by atoms with Crippen LogP contribution in [-0.4, -0.2) is 56.6 Å².